The van der Waals surface area contributed by atoms with Crippen LogP contribution in [-0.4, -0.2) is 23.6 Å². The zero-order chi connectivity index (χ0) is 11.6. The average molecular weight is 242 g/mol. The molecule has 16 heavy (non-hydrogen) atoms. The van der Waals surface area contributed by atoms with Gasteiger partial charge >= 0.3 is 0 Å². The summed E-state index contributed by atoms with van der Waals surface area (Å²) in [6, 6.07) is 0. The molecule has 0 radical (unpaired) electrons. The van der Waals surface area contributed by atoms with Crippen LogP contribution in [0.4, 0.5) is 5.82 Å². The minimum absolute atomic E-state index is 0.348. The molecule has 0 atom stereocenters. The molecule has 0 bridgehead atoms. The quantitative estimate of drug-likeness (QED) is 0.806. The van der Waals surface area contributed by atoms with Gasteiger partial charge in [-0.2, -0.15) is 0 Å². The van der Waals surface area contributed by atoms with Crippen LogP contribution in [0.15, 0.2) is 6.33 Å². The molecule has 88 valence electrons. The number of rotatable bonds is 5. The van der Waals surface area contributed by atoms with Gasteiger partial charge in [0.2, 0.25) is 0 Å². The van der Waals surface area contributed by atoms with Gasteiger partial charge in [0, 0.05) is 6.54 Å². The van der Waals surface area contributed by atoms with Crippen LogP contribution in [0.2, 0.25) is 5.15 Å². The molecule has 0 unspecified atom stereocenters. The van der Waals surface area contributed by atoms with E-state index in [1.54, 1.807) is 7.11 Å². The average Bonchev–Trinajstić information content (AvgIpc) is 3.07. The van der Waals surface area contributed by atoms with E-state index in [1.807, 2.05) is 0 Å². The van der Waals surface area contributed by atoms with Crippen molar-refractivity contribution in [1.29, 1.82) is 0 Å². The number of hydrogen-bond donors (Lipinski definition) is 1. The van der Waals surface area contributed by atoms with Crippen molar-refractivity contribution in [3.63, 3.8) is 0 Å². The molecule has 1 saturated carbocycles. The number of ether oxygens (including phenoxy) is 1. The molecule has 2 rings (SSSR count). The smallest absolute Gasteiger partial charge is 0.198 e. The third-order valence-electron chi connectivity index (χ3n) is 3.30. The van der Waals surface area contributed by atoms with Gasteiger partial charge in [-0.05, 0) is 24.7 Å². The Kier molecular flexibility index (Phi) is 3.19. The van der Waals surface area contributed by atoms with Gasteiger partial charge in [-0.1, -0.05) is 18.5 Å². The maximum Gasteiger partial charge on any atom is 0.198 e. The van der Waals surface area contributed by atoms with Gasteiger partial charge in [-0.15, -0.1) is 0 Å². The maximum absolute atomic E-state index is 5.91. The number of nitrogens with zero attached hydrogens (tertiary/aromatic N) is 2. The molecule has 1 fully saturated rings. The topological polar surface area (TPSA) is 47.0 Å². The molecule has 0 aliphatic heterocycles. The molecule has 1 aromatic heterocycles. The van der Waals surface area contributed by atoms with Crippen molar-refractivity contribution in [2.75, 3.05) is 19.0 Å². The fourth-order valence-electron chi connectivity index (χ4n) is 1.76. The first-order valence-corrected chi connectivity index (χ1v) is 5.87. The van der Waals surface area contributed by atoms with Gasteiger partial charge < -0.3 is 10.1 Å². The molecule has 0 aromatic carbocycles. The van der Waals surface area contributed by atoms with Gasteiger partial charge in [-0.25, -0.2) is 9.97 Å². The van der Waals surface area contributed by atoms with Gasteiger partial charge in [0.25, 0.3) is 0 Å². The molecular formula is C11H16ClN3O. The van der Waals surface area contributed by atoms with Gasteiger partial charge in [0.15, 0.2) is 16.7 Å². The maximum atomic E-state index is 5.91. The van der Waals surface area contributed by atoms with Crippen LogP contribution in [0.25, 0.3) is 0 Å². The molecule has 4 nitrogen and oxygen atoms in total. The lowest BCUT2D eigenvalue weighted by molar-refractivity contribution is 0.412. The van der Waals surface area contributed by atoms with E-state index in [9.17, 15) is 0 Å². The van der Waals surface area contributed by atoms with Crippen LogP contribution in [0.1, 0.15) is 26.2 Å². The van der Waals surface area contributed by atoms with E-state index in [-0.39, 0.29) is 0 Å². The van der Waals surface area contributed by atoms with E-state index in [4.69, 9.17) is 16.3 Å². The summed E-state index contributed by atoms with van der Waals surface area (Å²) >= 11 is 5.91. The molecule has 0 saturated heterocycles. The van der Waals surface area contributed by atoms with E-state index in [0.29, 0.717) is 22.1 Å². The highest BCUT2D eigenvalue weighted by Gasteiger charge is 2.40. The Labute approximate surface area is 100 Å². The zero-order valence-electron chi connectivity index (χ0n) is 9.59. The van der Waals surface area contributed by atoms with Crippen molar-refractivity contribution in [2.45, 2.75) is 26.2 Å². The van der Waals surface area contributed by atoms with Crippen LogP contribution in [0, 0.1) is 5.41 Å². The number of methoxy groups -OCH3 is 1. The van der Waals surface area contributed by atoms with Crippen molar-refractivity contribution >= 4 is 17.4 Å². The van der Waals surface area contributed by atoms with E-state index < -0.39 is 0 Å². The fraction of sp³-hybridized carbons (Fsp3) is 0.636. The third-order valence-corrected chi connectivity index (χ3v) is 3.57. The highest BCUT2D eigenvalue weighted by atomic mass is 35.5. The van der Waals surface area contributed by atoms with Crippen LogP contribution < -0.4 is 10.1 Å². The molecule has 1 heterocycles. The fourth-order valence-corrected chi connectivity index (χ4v) is 1.97. The first kappa shape index (κ1) is 11.5. The summed E-state index contributed by atoms with van der Waals surface area (Å²) in [6.07, 6.45) is 5.22. The Morgan fingerprint density at radius 2 is 2.25 bits per heavy atom. The number of halogens is 1. The normalized spacial score (nSPS) is 16.9. The molecular weight excluding hydrogens is 226 g/mol. The van der Waals surface area contributed by atoms with Gasteiger partial charge in [0.05, 0.1) is 7.11 Å². The van der Waals surface area contributed by atoms with Crippen molar-refractivity contribution in [2.24, 2.45) is 5.41 Å². The monoisotopic (exact) mass is 241 g/mol. The first-order chi connectivity index (χ1) is 7.71. The SMILES string of the molecule is CCC1(CNc2ncnc(Cl)c2OC)CC1. The summed E-state index contributed by atoms with van der Waals surface area (Å²) in [5, 5.41) is 3.65. The highest BCUT2D eigenvalue weighted by molar-refractivity contribution is 6.31. The van der Waals surface area contributed by atoms with Crippen LogP contribution in [0.3, 0.4) is 0 Å². The van der Waals surface area contributed by atoms with Gasteiger partial charge in [0.1, 0.15) is 6.33 Å². The second-order valence-electron chi connectivity index (χ2n) is 4.25. The molecule has 0 amide bonds. The lowest BCUT2D eigenvalue weighted by Gasteiger charge is -2.15. The van der Waals surface area contributed by atoms with E-state index in [0.717, 1.165) is 6.54 Å². The summed E-state index contributed by atoms with van der Waals surface area (Å²) in [4.78, 5) is 8.02. The first-order valence-electron chi connectivity index (χ1n) is 5.49. The standard InChI is InChI=1S/C11H16ClN3O/c1-3-11(4-5-11)6-13-10-8(16-2)9(12)14-7-15-10/h7H,3-6H2,1-2H3,(H,13,14,15). The predicted octanol–water partition coefficient (Wildman–Crippen LogP) is 2.74. The molecule has 5 heteroatoms. The van der Waals surface area contributed by atoms with E-state index in [1.165, 1.54) is 25.6 Å². The Morgan fingerprint density at radius 1 is 1.50 bits per heavy atom. The largest absolute Gasteiger partial charge is 0.490 e. The van der Waals surface area contributed by atoms with Gasteiger partial charge in [-0.3, -0.25) is 0 Å². The minimum atomic E-state index is 0.348. The minimum Gasteiger partial charge on any atom is -0.490 e. The molecule has 1 aliphatic carbocycles. The predicted molar refractivity (Wildman–Crippen MR) is 64.0 cm³/mol. The Hall–Kier alpha value is -1.03. The molecule has 1 aromatic rings. The number of anilines is 1. The summed E-state index contributed by atoms with van der Waals surface area (Å²) in [7, 11) is 1.57. The lowest BCUT2D eigenvalue weighted by Crippen LogP contribution is -2.15. The molecule has 0 spiro atoms. The number of aromatic nitrogens is 2. The Morgan fingerprint density at radius 3 is 2.81 bits per heavy atom. The van der Waals surface area contributed by atoms with Crippen LogP contribution in [-0.2, 0) is 0 Å². The third kappa shape index (κ3) is 2.21. The van der Waals surface area contributed by atoms with Crippen molar-refractivity contribution in [3.8, 4) is 5.75 Å². The summed E-state index contributed by atoms with van der Waals surface area (Å²) < 4.78 is 5.18. The number of hydrogen-bond acceptors (Lipinski definition) is 4. The second-order valence-corrected chi connectivity index (χ2v) is 4.61. The summed E-state index contributed by atoms with van der Waals surface area (Å²) in [5.41, 5.74) is 0.461. The summed E-state index contributed by atoms with van der Waals surface area (Å²) in [6.45, 7) is 3.14. The zero-order valence-corrected chi connectivity index (χ0v) is 10.3. The Bertz CT molecular complexity index is 379. The second kappa shape index (κ2) is 4.45. The lowest BCUT2D eigenvalue weighted by atomic mass is 10.0. The number of nitrogens with one attached hydrogen (secondary N) is 1. The van der Waals surface area contributed by atoms with Crippen LogP contribution in [0.5, 0.6) is 5.75 Å². The van der Waals surface area contributed by atoms with E-state index >= 15 is 0 Å². The Balaban J connectivity index is 2.06. The molecule has 1 N–H and O–H groups in total. The molecule has 1 aliphatic rings. The van der Waals surface area contributed by atoms with Crippen LogP contribution >= 0.6 is 11.6 Å². The highest BCUT2D eigenvalue weighted by Crippen LogP contribution is 2.48. The van der Waals surface area contributed by atoms with Crippen molar-refractivity contribution in [1.82, 2.24) is 9.97 Å². The van der Waals surface area contributed by atoms with Crippen molar-refractivity contribution in [3.05, 3.63) is 11.5 Å². The summed E-state index contributed by atoms with van der Waals surface area (Å²) in [5.74, 6) is 1.21. The van der Waals surface area contributed by atoms with Crippen molar-refractivity contribution < 1.29 is 4.74 Å². The van der Waals surface area contributed by atoms with E-state index in [2.05, 4.69) is 22.2 Å².